The van der Waals surface area contributed by atoms with Crippen LogP contribution in [0.1, 0.15) is 15.9 Å². The second-order valence-electron chi connectivity index (χ2n) is 4.42. The van der Waals surface area contributed by atoms with Gasteiger partial charge in [-0.05, 0) is 29.8 Å². The highest BCUT2D eigenvalue weighted by Crippen LogP contribution is 2.25. The lowest BCUT2D eigenvalue weighted by Gasteiger charge is -2.05. The smallest absolute Gasteiger partial charge is 0.338 e. The summed E-state index contributed by atoms with van der Waals surface area (Å²) in [6.07, 6.45) is 0. The molecule has 0 amide bonds. The molecule has 2 aromatic carbocycles. The molecule has 23 heavy (non-hydrogen) atoms. The second kappa shape index (κ2) is 6.84. The summed E-state index contributed by atoms with van der Waals surface area (Å²) in [7, 11) is 0. The molecule has 0 unspecified atom stereocenters. The van der Waals surface area contributed by atoms with Crippen LogP contribution in [0.4, 0.5) is 11.4 Å². The van der Waals surface area contributed by atoms with Crippen molar-refractivity contribution in [1.29, 1.82) is 0 Å². The number of nitro benzene ring substituents is 2. The average molecular weight is 337 g/mol. The first-order valence-electron chi connectivity index (χ1n) is 6.23. The first kappa shape index (κ1) is 16.4. The summed E-state index contributed by atoms with van der Waals surface area (Å²) in [5.41, 5.74) is 0.0697. The van der Waals surface area contributed by atoms with Gasteiger partial charge in [0.05, 0.1) is 15.4 Å². The zero-order valence-corrected chi connectivity index (χ0v) is 12.2. The number of nitro groups is 2. The lowest BCUT2D eigenvalue weighted by molar-refractivity contribution is -0.385. The van der Waals surface area contributed by atoms with Gasteiger partial charge in [-0.15, -0.1) is 0 Å². The zero-order chi connectivity index (χ0) is 17.0. The maximum absolute atomic E-state index is 11.9. The van der Waals surface area contributed by atoms with E-state index < -0.39 is 21.5 Å². The molecule has 0 atom stereocenters. The van der Waals surface area contributed by atoms with Gasteiger partial charge in [0, 0.05) is 18.2 Å². The van der Waals surface area contributed by atoms with Crippen LogP contribution >= 0.6 is 11.6 Å². The van der Waals surface area contributed by atoms with E-state index in [0.29, 0.717) is 5.56 Å². The molecule has 0 bridgehead atoms. The predicted octanol–water partition coefficient (Wildman–Crippen LogP) is 3.51. The summed E-state index contributed by atoms with van der Waals surface area (Å²) in [5, 5.41) is 21.2. The highest BCUT2D eigenvalue weighted by atomic mass is 35.5. The molecule has 0 aromatic heterocycles. The predicted molar refractivity (Wildman–Crippen MR) is 80.3 cm³/mol. The van der Waals surface area contributed by atoms with Crippen LogP contribution in [0.2, 0.25) is 5.02 Å². The highest BCUT2D eigenvalue weighted by Gasteiger charge is 2.17. The molecule has 0 heterocycles. The summed E-state index contributed by atoms with van der Waals surface area (Å²) in [6.45, 7) is -0.118. The minimum absolute atomic E-state index is 0.0111. The number of non-ortho nitro benzene ring substituents is 1. The van der Waals surface area contributed by atoms with E-state index in [4.69, 9.17) is 16.3 Å². The van der Waals surface area contributed by atoms with Crippen LogP contribution in [-0.2, 0) is 11.3 Å². The van der Waals surface area contributed by atoms with Crippen LogP contribution in [0, 0.1) is 20.2 Å². The van der Waals surface area contributed by atoms with Crippen LogP contribution in [0.25, 0.3) is 0 Å². The fourth-order valence-corrected chi connectivity index (χ4v) is 1.91. The van der Waals surface area contributed by atoms with E-state index in [1.807, 2.05) is 0 Å². The van der Waals surface area contributed by atoms with Gasteiger partial charge in [0.1, 0.15) is 11.6 Å². The number of halogens is 1. The number of nitrogens with zero attached hydrogens (tertiary/aromatic N) is 2. The number of hydrogen-bond donors (Lipinski definition) is 0. The van der Waals surface area contributed by atoms with Crippen molar-refractivity contribution >= 4 is 28.9 Å². The van der Waals surface area contributed by atoms with E-state index in [1.165, 1.54) is 36.4 Å². The van der Waals surface area contributed by atoms with Crippen LogP contribution in [0.5, 0.6) is 0 Å². The van der Waals surface area contributed by atoms with E-state index in [1.54, 1.807) is 0 Å². The van der Waals surface area contributed by atoms with Gasteiger partial charge < -0.3 is 4.74 Å². The Morgan fingerprint density at radius 2 is 1.70 bits per heavy atom. The highest BCUT2D eigenvalue weighted by molar-refractivity contribution is 6.32. The van der Waals surface area contributed by atoms with Crippen molar-refractivity contribution in [1.82, 2.24) is 0 Å². The van der Waals surface area contributed by atoms with E-state index in [9.17, 15) is 25.0 Å². The number of rotatable bonds is 5. The molecule has 0 radical (unpaired) electrons. The maximum atomic E-state index is 11.9. The molecule has 2 aromatic rings. The normalized spacial score (nSPS) is 10.1. The van der Waals surface area contributed by atoms with E-state index in [2.05, 4.69) is 0 Å². The van der Waals surface area contributed by atoms with Gasteiger partial charge in [-0.3, -0.25) is 20.2 Å². The Hall–Kier alpha value is -3.00. The quantitative estimate of drug-likeness (QED) is 0.469. The van der Waals surface area contributed by atoms with Crippen molar-refractivity contribution < 1.29 is 19.4 Å². The third-order valence-electron chi connectivity index (χ3n) is 2.90. The second-order valence-corrected chi connectivity index (χ2v) is 4.83. The fraction of sp³-hybridized carbons (Fsp3) is 0.0714. The SMILES string of the molecule is O=C(OCc1ccc([N+](=O)[O-])cc1)c1ccc(Cl)c([N+](=O)[O-])c1. The van der Waals surface area contributed by atoms with Crippen molar-refractivity contribution in [3.05, 3.63) is 78.8 Å². The van der Waals surface area contributed by atoms with Gasteiger partial charge in [-0.1, -0.05) is 11.6 Å². The summed E-state index contributed by atoms with van der Waals surface area (Å²) >= 11 is 5.66. The Kier molecular flexibility index (Phi) is 4.87. The van der Waals surface area contributed by atoms with Crippen molar-refractivity contribution in [3.8, 4) is 0 Å². The fourth-order valence-electron chi connectivity index (χ4n) is 1.73. The van der Waals surface area contributed by atoms with Crippen LogP contribution in [0.3, 0.4) is 0 Å². The Morgan fingerprint density at radius 3 is 2.26 bits per heavy atom. The van der Waals surface area contributed by atoms with Gasteiger partial charge in [-0.2, -0.15) is 0 Å². The molecule has 118 valence electrons. The number of hydrogen-bond acceptors (Lipinski definition) is 6. The topological polar surface area (TPSA) is 113 Å². The third-order valence-corrected chi connectivity index (χ3v) is 3.22. The molecular formula is C14H9ClN2O6. The maximum Gasteiger partial charge on any atom is 0.338 e. The van der Waals surface area contributed by atoms with Gasteiger partial charge in [0.2, 0.25) is 0 Å². The average Bonchev–Trinajstić information content (AvgIpc) is 2.53. The molecule has 0 saturated heterocycles. The largest absolute Gasteiger partial charge is 0.457 e. The van der Waals surface area contributed by atoms with Crippen LogP contribution < -0.4 is 0 Å². The molecule has 9 heteroatoms. The summed E-state index contributed by atoms with van der Waals surface area (Å²) in [4.78, 5) is 32.0. The first-order valence-corrected chi connectivity index (χ1v) is 6.60. The number of carbonyl (C=O) groups excluding carboxylic acids is 1. The molecule has 0 aliphatic carbocycles. The lowest BCUT2D eigenvalue weighted by Crippen LogP contribution is -2.06. The Balaban J connectivity index is 2.06. The molecule has 0 aliphatic heterocycles. The first-order chi connectivity index (χ1) is 10.9. The Bertz CT molecular complexity index is 775. The number of esters is 1. The minimum Gasteiger partial charge on any atom is -0.457 e. The van der Waals surface area contributed by atoms with E-state index in [-0.39, 0.29) is 22.9 Å². The molecule has 0 fully saturated rings. The van der Waals surface area contributed by atoms with E-state index in [0.717, 1.165) is 6.07 Å². The molecule has 0 N–H and O–H groups in total. The number of ether oxygens (including phenoxy) is 1. The van der Waals surface area contributed by atoms with Gasteiger partial charge in [0.15, 0.2) is 0 Å². The third kappa shape index (κ3) is 4.01. The van der Waals surface area contributed by atoms with Crippen molar-refractivity contribution in [3.63, 3.8) is 0 Å². The van der Waals surface area contributed by atoms with Crippen LogP contribution in [0.15, 0.2) is 42.5 Å². The van der Waals surface area contributed by atoms with Gasteiger partial charge in [-0.25, -0.2) is 4.79 Å². The van der Waals surface area contributed by atoms with Crippen molar-refractivity contribution in [2.45, 2.75) is 6.61 Å². The van der Waals surface area contributed by atoms with Gasteiger partial charge in [0.25, 0.3) is 11.4 Å². The summed E-state index contributed by atoms with van der Waals surface area (Å²) < 4.78 is 5.01. The minimum atomic E-state index is -0.761. The standard InChI is InChI=1S/C14H9ClN2O6/c15-12-6-3-10(7-13(12)17(21)22)14(18)23-8-9-1-4-11(5-2-9)16(19)20/h1-7H,8H2. The molecule has 2 rings (SSSR count). The molecule has 0 spiro atoms. The van der Waals surface area contributed by atoms with Crippen molar-refractivity contribution in [2.75, 3.05) is 0 Å². The summed E-state index contributed by atoms with van der Waals surface area (Å²) in [6, 6.07) is 9.06. The molecule has 8 nitrogen and oxygen atoms in total. The zero-order valence-electron chi connectivity index (χ0n) is 11.5. The van der Waals surface area contributed by atoms with Gasteiger partial charge >= 0.3 is 5.97 Å². The number of carbonyl (C=O) groups is 1. The Labute approximate surface area is 134 Å². The van der Waals surface area contributed by atoms with Crippen LogP contribution in [-0.4, -0.2) is 15.8 Å². The van der Waals surface area contributed by atoms with Crippen molar-refractivity contribution in [2.24, 2.45) is 0 Å². The summed E-state index contributed by atoms with van der Waals surface area (Å²) in [5.74, 6) is -0.761. The monoisotopic (exact) mass is 336 g/mol. The molecular weight excluding hydrogens is 328 g/mol. The Morgan fingerprint density at radius 1 is 1.04 bits per heavy atom. The van der Waals surface area contributed by atoms with E-state index >= 15 is 0 Å². The lowest BCUT2D eigenvalue weighted by atomic mass is 10.2. The number of benzene rings is 2. The molecule has 0 saturated carbocycles. The molecule has 0 aliphatic rings.